The van der Waals surface area contributed by atoms with Gasteiger partial charge in [0, 0.05) is 0 Å². The Kier molecular flexibility index (Phi) is 8.93. The molecule has 0 aromatic heterocycles. The Labute approximate surface area is 160 Å². The van der Waals surface area contributed by atoms with Crippen molar-refractivity contribution in [2.45, 2.75) is 38.4 Å². The molecule has 0 saturated carbocycles. The zero-order valence-corrected chi connectivity index (χ0v) is 16.4. The molecule has 2 aromatic carbocycles. The molecule has 0 heterocycles. The van der Waals surface area contributed by atoms with E-state index >= 15 is 0 Å². The summed E-state index contributed by atoms with van der Waals surface area (Å²) >= 11 is 0. The molecule has 0 aliphatic rings. The molecule has 0 radical (unpaired) electrons. The molecule has 0 fully saturated rings. The Balaban J connectivity index is 0.000000289. The second kappa shape index (κ2) is 10.7. The van der Waals surface area contributed by atoms with Crippen LogP contribution in [0.25, 0.3) is 0 Å². The molecular weight excluding hydrogens is 368 g/mol. The predicted molar refractivity (Wildman–Crippen MR) is 104 cm³/mol. The van der Waals surface area contributed by atoms with Gasteiger partial charge in [0.25, 0.3) is 10.1 Å². The number of rotatable bonds is 5. The van der Waals surface area contributed by atoms with Crippen molar-refractivity contribution in [3.8, 4) is 0 Å². The number of alkyl carbamates (subject to hydrolysis) is 1. The molecule has 148 valence electrons. The number of amides is 1. The van der Waals surface area contributed by atoms with E-state index in [0.29, 0.717) is 0 Å². The van der Waals surface area contributed by atoms with Crippen molar-refractivity contribution in [1.82, 2.24) is 5.32 Å². The van der Waals surface area contributed by atoms with Crippen LogP contribution in [0.3, 0.4) is 0 Å². The smallest absolute Gasteiger partial charge is 0.408 e. The molecule has 27 heavy (non-hydrogen) atoms. The Morgan fingerprint density at radius 1 is 1.11 bits per heavy atom. The molecule has 0 aliphatic heterocycles. The Hall–Kier alpha value is -2.42. The third-order valence-electron chi connectivity index (χ3n) is 3.53. The maximum Gasteiger partial charge on any atom is 0.408 e. The monoisotopic (exact) mass is 394 g/mol. The predicted octanol–water partition coefficient (Wildman–Crippen LogP) is 3.10. The van der Waals surface area contributed by atoms with Gasteiger partial charge in [-0.15, -0.1) is 0 Å². The van der Waals surface area contributed by atoms with Crippen LogP contribution in [0.4, 0.5) is 4.79 Å². The lowest BCUT2D eigenvalue weighted by molar-refractivity contribution is 0.133. The van der Waals surface area contributed by atoms with E-state index in [9.17, 15) is 13.2 Å². The van der Waals surface area contributed by atoms with Crippen LogP contribution in [0.5, 0.6) is 0 Å². The van der Waals surface area contributed by atoms with E-state index in [4.69, 9.17) is 15.0 Å². The SMILES string of the molecule is CC(C)C(N)NC(=O)OCc1ccccc1.Cc1ccc(S(=O)(=O)O)cc1. The first-order chi connectivity index (χ1) is 12.6. The Morgan fingerprint density at radius 2 is 1.67 bits per heavy atom. The molecule has 0 spiro atoms. The molecule has 0 saturated heterocycles. The lowest BCUT2D eigenvalue weighted by Crippen LogP contribution is -2.45. The van der Waals surface area contributed by atoms with Gasteiger partial charge in [0.15, 0.2) is 0 Å². The van der Waals surface area contributed by atoms with Gasteiger partial charge in [-0.25, -0.2) is 4.79 Å². The first kappa shape index (κ1) is 22.6. The number of carbonyl (C=O) groups excluding carboxylic acids is 1. The van der Waals surface area contributed by atoms with Gasteiger partial charge in [-0.1, -0.05) is 61.9 Å². The Bertz CT molecular complexity index is 806. The summed E-state index contributed by atoms with van der Waals surface area (Å²) in [5.74, 6) is 0.185. The van der Waals surface area contributed by atoms with E-state index in [1.807, 2.05) is 51.1 Å². The molecule has 1 amide bonds. The van der Waals surface area contributed by atoms with Gasteiger partial charge >= 0.3 is 6.09 Å². The number of carbonyl (C=O) groups is 1. The molecule has 7 nitrogen and oxygen atoms in total. The summed E-state index contributed by atoms with van der Waals surface area (Å²) < 4.78 is 34.6. The molecule has 1 atom stereocenters. The number of aryl methyl sites for hydroxylation is 1. The van der Waals surface area contributed by atoms with Crippen LogP contribution >= 0.6 is 0 Å². The van der Waals surface area contributed by atoms with Crippen molar-refractivity contribution < 1.29 is 22.5 Å². The number of benzene rings is 2. The highest BCUT2D eigenvalue weighted by molar-refractivity contribution is 7.85. The van der Waals surface area contributed by atoms with Crippen molar-refractivity contribution in [2.75, 3.05) is 0 Å². The third kappa shape index (κ3) is 9.18. The first-order valence-corrected chi connectivity index (χ1v) is 9.80. The van der Waals surface area contributed by atoms with Gasteiger partial charge < -0.3 is 15.8 Å². The average Bonchev–Trinajstić information content (AvgIpc) is 2.61. The first-order valence-electron chi connectivity index (χ1n) is 8.36. The van der Waals surface area contributed by atoms with Crippen LogP contribution in [0, 0.1) is 12.8 Å². The molecular formula is C19H26N2O5S. The van der Waals surface area contributed by atoms with Crippen LogP contribution in [0.15, 0.2) is 59.5 Å². The summed E-state index contributed by atoms with van der Waals surface area (Å²) in [6.45, 7) is 5.97. The molecule has 0 bridgehead atoms. The summed E-state index contributed by atoms with van der Waals surface area (Å²) in [6.07, 6.45) is -0.853. The fraction of sp³-hybridized carbons (Fsp3) is 0.316. The quantitative estimate of drug-likeness (QED) is 0.530. The van der Waals surface area contributed by atoms with Gasteiger partial charge in [0.2, 0.25) is 0 Å². The van der Waals surface area contributed by atoms with Crippen LogP contribution in [-0.4, -0.2) is 25.2 Å². The van der Waals surface area contributed by atoms with E-state index in [-0.39, 0.29) is 23.6 Å². The van der Waals surface area contributed by atoms with Gasteiger partial charge in [-0.2, -0.15) is 8.42 Å². The topological polar surface area (TPSA) is 119 Å². The van der Waals surface area contributed by atoms with Crippen molar-refractivity contribution in [2.24, 2.45) is 11.7 Å². The average molecular weight is 394 g/mol. The molecule has 1 unspecified atom stereocenters. The minimum absolute atomic E-state index is 0.0666. The number of ether oxygens (including phenoxy) is 1. The maximum atomic E-state index is 11.3. The van der Waals surface area contributed by atoms with Gasteiger partial charge in [-0.3, -0.25) is 4.55 Å². The van der Waals surface area contributed by atoms with E-state index in [1.165, 1.54) is 12.1 Å². The van der Waals surface area contributed by atoms with Gasteiger partial charge in [-0.05, 0) is 30.5 Å². The zero-order chi connectivity index (χ0) is 20.4. The summed E-state index contributed by atoms with van der Waals surface area (Å²) in [7, 11) is -4.02. The van der Waals surface area contributed by atoms with Crippen molar-refractivity contribution >= 4 is 16.2 Å². The van der Waals surface area contributed by atoms with Crippen LogP contribution in [0.1, 0.15) is 25.0 Å². The summed E-state index contributed by atoms with van der Waals surface area (Å²) in [5, 5.41) is 2.57. The normalized spacial score (nSPS) is 11.9. The number of nitrogens with one attached hydrogen (secondary N) is 1. The van der Waals surface area contributed by atoms with Crippen molar-refractivity contribution in [1.29, 1.82) is 0 Å². The van der Waals surface area contributed by atoms with E-state index < -0.39 is 16.2 Å². The van der Waals surface area contributed by atoms with Crippen molar-refractivity contribution in [3.63, 3.8) is 0 Å². The molecule has 8 heteroatoms. The van der Waals surface area contributed by atoms with Gasteiger partial charge in [0.1, 0.15) is 6.61 Å². The van der Waals surface area contributed by atoms with Crippen molar-refractivity contribution in [3.05, 3.63) is 65.7 Å². The molecule has 2 aromatic rings. The minimum atomic E-state index is -4.02. The lowest BCUT2D eigenvalue weighted by Gasteiger charge is -2.16. The molecule has 2 rings (SSSR count). The zero-order valence-electron chi connectivity index (χ0n) is 15.6. The summed E-state index contributed by atoms with van der Waals surface area (Å²) in [4.78, 5) is 11.3. The lowest BCUT2D eigenvalue weighted by atomic mass is 10.2. The minimum Gasteiger partial charge on any atom is -0.445 e. The second-order valence-corrected chi connectivity index (χ2v) is 7.69. The van der Waals surface area contributed by atoms with Crippen LogP contribution in [0.2, 0.25) is 0 Å². The van der Waals surface area contributed by atoms with E-state index in [2.05, 4.69) is 5.32 Å². The Morgan fingerprint density at radius 3 is 2.15 bits per heavy atom. The van der Waals surface area contributed by atoms with E-state index in [1.54, 1.807) is 12.1 Å². The van der Waals surface area contributed by atoms with Crippen LogP contribution in [-0.2, 0) is 21.5 Å². The number of nitrogens with two attached hydrogens (primary N) is 1. The largest absolute Gasteiger partial charge is 0.445 e. The fourth-order valence-corrected chi connectivity index (χ4v) is 2.26. The standard InChI is InChI=1S/C12H18N2O2.C7H8O3S/c1-9(2)11(13)14-12(15)16-8-10-6-4-3-5-7-10;1-6-2-4-7(5-3-6)11(8,9)10/h3-7,9,11H,8,13H2,1-2H3,(H,14,15);2-5H,1H3,(H,8,9,10). The summed E-state index contributed by atoms with van der Waals surface area (Å²) in [5.41, 5.74) is 7.58. The molecule has 0 aliphatic carbocycles. The fourth-order valence-electron chi connectivity index (χ4n) is 1.78. The maximum absolute atomic E-state index is 11.3. The molecule has 4 N–H and O–H groups in total. The van der Waals surface area contributed by atoms with Crippen LogP contribution < -0.4 is 11.1 Å². The second-order valence-electron chi connectivity index (χ2n) is 6.26. The van der Waals surface area contributed by atoms with E-state index in [0.717, 1.165) is 11.1 Å². The summed E-state index contributed by atoms with van der Waals surface area (Å²) in [6, 6.07) is 15.5. The van der Waals surface area contributed by atoms with Gasteiger partial charge in [0.05, 0.1) is 11.1 Å². The number of hydrogen-bond acceptors (Lipinski definition) is 5. The highest BCUT2D eigenvalue weighted by Crippen LogP contribution is 2.08. The number of hydrogen-bond donors (Lipinski definition) is 3. The highest BCUT2D eigenvalue weighted by atomic mass is 32.2. The highest BCUT2D eigenvalue weighted by Gasteiger charge is 2.11. The third-order valence-corrected chi connectivity index (χ3v) is 4.40.